The monoisotopic (exact) mass is 236 g/mol. The molecule has 1 aliphatic carbocycles. The van der Waals surface area contributed by atoms with Crippen LogP contribution in [0, 0.1) is 5.21 Å². The Morgan fingerprint density at radius 3 is 2.89 bits per heavy atom. The molecule has 0 saturated heterocycles. The SMILES string of the molecule is [O-][n+]1ccc2c3c(nc4ccccc42)CCCc31. The quantitative estimate of drug-likeness (QED) is 0.342. The van der Waals surface area contributed by atoms with Crippen molar-refractivity contribution in [2.24, 2.45) is 0 Å². The molecule has 0 N–H and O–H groups in total. The lowest BCUT2D eigenvalue weighted by atomic mass is 9.94. The van der Waals surface area contributed by atoms with E-state index in [9.17, 15) is 5.21 Å². The van der Waals surface area contributed by atoms with Gasteiger partial charge in [0.2, 0.25) is 5.69 Å². The van der Waals surface area contributed by atoms with Crippen LogP contribution in [0.4, 0.5) is 0 Å². The van der Waals surface area contributed by atoms with Gasteiger partial charge < -0.3 is 5.21 Å². The van der Waals surface area contributed by atoms with Crippen molar-refractivity contribution in [1.82, 2.24) is 4.98 Å². The molecule has 0 unspecified atom stereocenters. The number of aromatic nitrogens is 2. The van der Waals surface area contributed by atoms with E-state index >= 15 is 0 Å². The second-order valence-corrected chi connectivity index (χ2v) is 4.81. The van der Waals surface area contributed by atoms with Gasteiger partial charge in [-0.15, -0.1) is 0 Å². The van der Waals surface area contributed by atoms with Crippen LogP contribution in [0.1, 0.15) is 17.8 Å². The second-order valence-electron chi connectivity index (χ2n) is 4.81. The Balaban J connectivity index is 2.30. The van der Waals surface area contributed by atoms with Crippen LogP contribution in [0.3, 0.4) is 0 Å². The van der Waals surface area contributed by atoms with Crippen molar-refractivity contribution in [2.45, 2.75) is 19.3 Å². The van der Waals surface area contributed by atoms with Crippen molar-refractivity contribution >= 4 is 21.7 Å². The van der Waals surface area contributed by atoms with Gasteiger partial charge in [0.15, 0.2) is 6.20 Å². The number of nitrogens with zero attached hydrogens (tertiary/aromatic N) is 2. The number of fused-ring (bicyclic) bond motifs is 2. The Labute approximate surface area is 104 Å². The first-order chi connectivity index (χ1) is 8.84. The summed E-state index contributed by atoms with van der Waals surface area (Å²) >= 11 is 0. The smallest absolute Gasteiger partial charge is 0.202 e. The molecular weight excluding hydrogens is 224 g/mol. The van der Waals surface area contributed by atoms with Crippen molar-refractivity contribution in [2.75, 3.05) is 0 Å². The van der Waals surface area contributed by atoms with Gasteiger partial charge in [-0.2, -0.15) is 4.73 Å². The summed E-state index contributed by atoms with van der Waals surface area (Å²) in [7, 11) is 0. The zero-order chi connectivity index (χ0) is 12.1. The summed E-state index contributed by atoms with van der Waals surface area (Å²) in [6.07, 6.45) is 4.46. The molecule has 4 rings (SSSR count). The molecule has 3 heteroatoms. The highest BCUT2D eigenvalue weighted by atomic mass is 16.5. The predicted octanol–water partition coefficient (Wildman–Crippen LogP) is 2.51. The Kier molecular flexibility index (Phi) is 1.87. The lowest BCUT2D eigenvalue weighted by Gasteiger charge is -2.16. The largest absolute Gasteiger partial charge is 0.618 e. The maximum Gasteiger partial charge on any atom is 0.202 e. The van der Waals surface area contributed by atoms with E-state index in [0.717, 1.165) is 57.1 Å². The molecular formula is C15H12N2O. The van der Waals surface area contributed by atoms with Crippen LogP contribution in [0.2, 0.25) is 0 Å². The molecule has 2 aromatic heterocycles. The maximum atomic E-state index is 11.9. The second kappa shape index (κ2) is 3.42. The highest BCUT2D eigenvalue weighted by molar-refractivity contribution is 6.07. The first-order valence-corrected chi connectivity index (χ1v) is 6.27. The third kappa shape index (κ3) is 1.19. The summed E-state index contributed by atoms with van der Waals surface area (Å²) in [5.74, 6) is 0. The lowest BCUT2D eigenvalue weighted by molar-refractivity contribution is -0.612. The third-order valence-corrected chi connectivity index (χ3v) is 3.77. The summed E-state index contributed by atoms with van der Waals surface area (Å²) in [5, 5.41) is 15.3. The Morgan fingerprint density at radius 1 is 1.06 bits per heavy atom. The molecule has 18 heavy (non-hydrogen) atoms. The van der Waals surface area contributed by atoms with Gasteiger partial charge in [0.1, 0.15) is 0 Å². The summed E-state index contributed by atoms with van der Waals surface area (Å²) < 4.78 is 1.00. The van der Waals surface area contributed by atoms with Crippen LogP contribution in [0.15, 0.2) is 36.5 Å². The first-order valence-electron chi connectivity index (χ1n) is 6.27. The van der Waals surface area contributed by atoms with Gasteiger partial charge in [0.05, 0.1) is 16.6 Å². The van der Waals surface area contributed by atoms with Crippen molar-refractivity contribution in [1.29, 1.82) is 0 Å². The van der Waals surface area contributed by atoms with Gasteiger partial charge in [-0.3, -0.25) is 4.98 Å². The van der Waals surface area contributed by atoms with E-state index in [1.807, 2.05) is 24.3 Å². The van der Waals surface area contributed by atoms with Gasteiger partial charge in [-0.1, -0.05) is 18.2 Å². The lowest BCUT2D eigenvalue weighted by Crippen LogP contribution is -2.33. The van der Waals surface area contributed by atoms with Crippen LogP contribution >= 0.6 is 0 Å². The number of hydrogen-bond acceptors (Lipinski definition) is 2. The summed E-state index contributed by atoms with van der Waals surface area (Å²) in [5.41, 5.74) is 2.98. The molecule has 0 saturated carbocycles. The number of hydrogen-bond donors (Lipinski definition) is 0. The van der Waals surface area contributed by atoms with E-state index < -0.39 is 0 Å². The minimum absolute atomic E-state index is 0.855. The van der Waals surface area contributed by atoms with Gasteiger partial charge >= 0.3 is 0 Å². The van der Waals surface area contributed by atoms with E-state index in [2.05, 4.69) is 6.07 Å². The van der Waals surface area contributed by atoms with E-state index in [1.54, 1.807) is 6.20 Å². The highest BCUT2D eigenvalue weighted by Crippen LogP contribution is 2.31. The molecule has 0 aliphatic heterocycles. The molecule has 3 aromatic rings. The molecule has 0 spiro atoms. The Bertz CT molecular complexity index is 780. The normalized spacial score (nSPS) is 14.2. The fourth-order valence-electron chi connectivity index (χ4n) is 2.97. The maximum absolute atomic E-state index is 11.9. The number of rotatable bonds is 0. The fraction of sp³-hybridized carbons (Fsp3) is 0.200. The van der Waals surface area contributed by atoms with Gasteiger partial charge in [0, 0.05) is 23.3 Å². The minimum atomic E-state index is 0.855. The van der Waals surface area contributed by atoms with Gasteiger partial charge in [-0.05, 0) is 18.9 Å². The summed E-state index contributed by atoms with van der Waals surface area (Å²) in [6, 6.07) is 10.1. The topological polar surface area (TPSA) is 39.8 Å². The molecule has 1 aromatic carbocycles. The van der Waals surface area contributed by atoms with Gasteiger partial charge in [0.25, 0.3) is 0 Å². The predicted molar refractivity (Wildman–Crippen MR) is 70.2 cm³/mol. The Morgan fingerprint density at radius 2 is 1.94 bits per heavy atom. The number of para-hydroxylation sites is 1. The fourth-order valence-corrected chi connectivity index (χ4v) is 2.97. The van der Waals surface area contributed by atoms with E-state index in [0.29, 0.717) is 0 Å². The van der Waals surface area contributed by atoms with Crippen LogP contribution in [-0.4, -0.2) is 4.98 Å². The molecule has 0 atom stereocenters. The van der Waals surface area contributed by atoms with Crippen LogP contribution in [0.5, 0.6) is 0 Å². The molecule has 2 heterocycles. The van der Waals surface area contributed by atoms with Crippen molar-refractivity contribution in [3.05, 3.63) is 53.1 Å². The zero-order valence-electron chi connectivity index (χ0n) is 9.89. The standard InChI is InChI=1S/C15H12N2O/c18-17-9-8-11-10-4-1-2-5-12(10)16-13-6-3-7-14(17)15(11)13/h1-2,4-5,8-9H,3,6-7H2. The molecule has 0 bridgehead atoms. The molecule has 0 fully saturated rings. The van der Waals surface area contributed by atoms with Crippen molar-refractivity contribution < 1.29 is 4.73 Å². The molecule has 88 valence electrons. The average molecular weight is 236 g/mol. The summed E-state index contributed by atoms with van der Waals surface area (Å²) in [4.78, 5) is 4.72. The van der Waals surface area contributed by atoms with Crippen LogP contribution < -0.4 is 4.73 Å². The number of pyridine rings is 2. The average Bonchev–Trinajstić information content (AvgIpc) is 2.42. The molecule has 0 amide bonds. The van der Waals surface area contributed by atoms with E-state index in [-0.39, 0.29) is 0 Å². The Hall–Kier alpha value is -2.16. The minimum Gasteiger partial charge on any atom is -0.618 e. The zero-order valence-corrected chi connectivity index (χ0v) is 9.89. The van der Waals surface area contributed by atoms with E-state index in [4.69, 9.17) is 4.98 Å². The van der Waals surface area contributed by atoms with E-state index in [1.165, 1.54) is 0 Å². The highest BCUT2D eigenvalue weighted by Gasteiger charge is 2.22. The third-order valence-electron chi connectivity index (χ3n) is 3.77. The number of aryl methyl sites for hydroxylation is 2. The molecule has 1 aliphatic rings. The van der Waals surface area contributed by atoms with Crippen molar-refractivity contribution in [3.8, 4) is 0 Å². The molecule has 3 nitrogen and oxygen atoms in total. The van der Waals surface area contributed by atoms with Gasteiger partial charge in [-0.25, -0.2) is 0 Å². The van der Waals surface area contributed by atoms with Crippen molar-refractivity contribution in [3.63, 3.8) is 0 Å². The molecule has 0 radical (unpaired) electrons. The summed E-state index contributed by atoms with van der Waals surface area (Å²) in [6.45, 7) is 0. The number of benzene rings is 1. The van der Waals surface area contributed by atoms with Crippen LogP contribution in [-0.2, 0) is 12.8 Å². The van der Waals surface area contributed by atoms with Crippen LogP contribution in [0.25, 0.3) is 21.7 Å². The first kappa shape index (κ1) is 9.83.